The third kappa shape index (κ3) is 41.0. The number of aliphatic hydroxyl groups is 4. The van der Waals surface area contributed by atoms with Gasteiger partial charge in [0.05, 0.1) is 61.7 Å². The van der Waals surface area contributed by atoms with E-state index in [-0.39, 0.29) is 168 Å². The first-order valence-corrected chi connectivity index (χ1v) is 58.1. The molecule has 0 spiro atoms. The molecule has 0 amide bonds. The first-order chi connectivity index (χ1) is 62.6. The number of fused-ring (bicyclic) bond motifs is 4. The summed E-state index contributed by atoms with van der Waals surface area (Å²) in [5, 5.41) is 49.2. The fourth-order valence-electron chi connectivity index (χ4n) is 20.5. The van der Waals surface area contributed by atoms with Gasteiger partial charge in [-0.1, -0.05) is 322 Å². The molecule has 5 aliphatic carbocycles. The van der Waals surface area contributed by atoms with Crippen molar-refractivity contribution < 1.29 is 131 Å². The van der Waals surface area contributed by atoms with Gasteiger partial charge in [0.25, 0.3) is 0 Å². The number of benzene rings is 5. The van der Waals surface area contributed by atoms with Crippen molar-refractivity contribution in [3.63, 3.8) is 0 Å². The molecule has 0 radical (unpaired) electrons. The fourth-order valence-corrected chi connectivity index (χ4v) is 24.1. The molecule has 5 N–H and O–H groups in total. The number of carbonyl (C=O) groups excluding carboxylic acids is 3. The maximum atomic E-state index is 12.1. The summed E-state index contributed by atoms with van der Waals surface area (Å²) >= 11 is 0. The molecule has 3 saturated heterocycles. The van der Waals surface area contributed by atoms with Crippen molar-refractivity contribution >= 4 is 93.6 Å². The normalized spacial score (nSPS) is 29.5. The maximum absolute atomic E-state index is 12.1. The minimum atomic E-state index is -0.747. The molecule has 34 atom stereocenters. The van der Waals surface area contributed by atoms with Gasteiger partial charge in [-0.25, -0.2) is 0 Å². The second-order valence-electron chi connectivity index (χ2n) is 36.6. The molecule has 4 aliphatic heterocycles. The van der Waals surface area contributed by atoms with Crippen LogP contribution >= 0.6 is 69.7 Å². The summed E-state index contributed by atoms with van der Waals surface area (Å²) < 4.78 is 45.9. The number of unbranched alkanes of at least 4 members (excludes halogenated alkanes) is 1. The number of carboxylic acid groups (broad SMARTS) is 1. The molecule has 26 heteroatoms. The Bertz CT molecular complexity index is 4270. The fraction of sp³-hybridized carbons (Fsp3) is 0.551. The van der Waals surface area contributed by atoms with Crippen molar-refractivity contribution in [1.29, 1.82) is 0 Å². The molecular weight excluding hydrogens is 1940 g/mol. The quantitative estimate of drug-likeness (QED) is 0.00807. The average Bonchev–Trinajstić information content (AvgIpc) is 1.65. The summed E-state index contributed by atoms with van der Waals surface area (Å²) in [5.74, 6) is 4.17. The first kappa shape index (κ1) is 119. The van der Waals surface area contributed by atoms with Crippen LogP contribution in [0.15, 0.2) is 237 Å². The Balaban J connectivity index is 0.000000255. The minimum Gasteiger partial charge on any atom is -0.481 e. The van der Waals surface area contributed by atoms with Gasteiger partial charge in [0.1, 0.15) is 18.3 Å². The summed E-state index contributed by atoms with van der Waals surface area (Å²) in [7, 11) is 12.3. The van der Waals surface area contributed by atoms with E-state index in [1.807, 2.05) is 48.5 Å². The van der Waals surface area contributed by atoms with Crippen molar-refractivity contribution in [2.24, 2.45) is 82.9 Å². The molecule has 5 aromatic carbocycles. The number of aliphatic carboxylic acids is 1. The van der Waals surface area contributed by atoms with Crippen LogP contribution in [0.25, 0.3) is 0 Å². The van der Waals surface area contributed by atoms with Crippen molar-refractivity contribution in [2.45, 2.75) is 290 Å². The molecule has 4 heterocycles. The standard InChI is InChI=1S/C24H36O4P2.C24H34O3P2.C19H28O3P2.C19H26O3P2.C18H22O4.3CH4.Xe/c1-18-17-23(25)22(11-7-2-3-8-12-24(26)27)21(18)16-15-20(28-30-29)14-13-19-9-5-4-6-10-19;1-18-17-23-22(11-7-2-3-8-12-24(25)26-23)21(18)16-15-20(27-29-28)14-13-19-9-5-4-6-10-19;2*1-13-11-18-17(12-19(20)21-18)16(13)10-9-15(22-24-23)8-7-14-5-3-2-4-6-14;19-13(7-6-12-4-2-1-3-5-12)8-9-14-15-10-18(21)22-17(15)11-16(14)20;;;;/h2,4-7,9-10,15-16,18,20-23,25,30H,3,8,11-14,17,29H2,1H3,(H,26,27);2,4-7,9-10,15-16,18,20-23,29H,3,8,11-14,17,28H2,1H3;2-6,9-10,13,15-20,24H,7-8,11-12,23H2,1H3;2-6,9-10,13,15-18,24H,7-8,11-12,23H2,1H3;1-5,8-9,13-17,19-20H,6-7,10-11H2;3*1H4;/b7-2?,16-15+;7-2-,16-15+;2*10-9+;9-8+;;;;/t2*18-,20+,21+,22-,23+;13-,15+,16+,17-,18+,19?;13-,15+,16+,17-,18+;13-,14+,15+,16+,17-;;;;/m11110..../s1. The van der Waals surface area contributed by atoms with Crippen LogP contribution in [0.3, 0.4) is 0 Å². The van der Waals surface area contributed by atoms with E-state index < -0.39 is 24.5 Å². The molecule has 0 bridgehead atoms. The Morgan fingerprint density at radius 2 is 0.805 bits per heavy atom. The third-order valence-corrected chi connectivity index (χ3v) is 30.8. The van der Waals surface area contributed by atoms with E-state index in [9.17, 15) is 39.6 Å². The monoisotopic (exact) mass is 2090 g/mol. The number of esters is 3. The van der Waals surface area contributed by atoms with Crippen LogP contribution in [0.1, 0.15) is 213 Å². The van der Waals surface area contributed by atoms with Gasteiger partial charge >= 0.3 is 23.9 Å². The molecule has 5 aromatic rings. The van der Waals surface area contributed by atoms with Crippen LogP contribution < -0.4 is 0 Å². The number of hydrogen-bond donors (Lipinski definition) is 5. The molecule has 5 saturated carbocycles. The van der Waals surface area contributed by atoms with Gasteiger partial charge in [0.15, 0.2) is 6.29 Å². The van der Waals surface area contributed by atoms with Gasteiger partial charge in [-0.3, -0.25) is 19.2 Å². The van der Waals surface area contributed by atoms with E-state index in [4.69, 9.17) is 42.1 Å². The Morgan fingerprint density at radius 3 is 1.24 bits per heavy atom. The number of carboxylic acids is 1. The van der Waals surface area contributed by atoms with E-state index in [0.29, 0.717) is 138 Å². The predicted octanol–water partition coefficient (Wildman–Crippen LogP) is 24.6. The summed E-state index contributed by atoms with van der Waals surface area (Å²) in [6.07, 6.45) is 50.6. The molecule has 0 aromatic heterocycles. The van der Waals surface area contributed by atoms with E-state index in [0.717, 1.165) is 122 Å². The Morgan fingerprint density at radius 1 is 0.436 bits per heavy atom. The second-order valence-corrected chi connectivity index (χ2v) is 41.3. The topological polar surface area (TPSA) is 243 Å². The number of aryl methyl sites for hydroxylation is 5. The predicted molar refractivity (Wildman–Crippen MR) is 561 cm³/mol. The third-order valence-electron chi connectivity index (χ3n) is 27.4. The average molecular weight is 2100 g/mol. The van der Waals surface area contributed by atoms with Crippen LogP contribution in [0.5, 0.6) is 0 Å². The van der Waals surface area contributed by atoms with Crippen molar-refractivity contribution in [3.05, 3.63) is 265 Å². The van der Waals surface area contributed by atoms with Gasteiger partial charge < -0.3 is 62.6 Å². The number of hydrogen-bond acceptors (Lipinski definition) is 16. The Hall–Kier alpha value is -3.19. The van der Waals surface area contributed by atoms with Crippen molar-refractivity contribution in [2.75, 3.05) is 0 Å². The maximum Gasteiger partial charge on any atom is 0.306 e. The van der Waals surface area contributed by atoms with Gasteiger partial charge in [-0.05, 0) is 215 Å². The zero-order chi connectivity index (χ0) is 91.7. The van der Waals surface area contributed by atoms with E-state index in [2.05, 4.69) is 246 Å². The SMILES string of the molecule is C.C.C.C[C@@H]1C[C@@H]2OC(=O)CCC/C=C\C[C@@H]2[C@H]1/C=C/[C@H](CCc1ccccc1)OPP.C[C@@H]1C[C@@H]2OC(=O)C[C@@H]2[C@H]1/C=C/[C@H](CCc1ccccc1)OPP.C[C@@H]1C[C@@H]2OC(O)C[C@@H]2[C@H]1/C=C/[C@H](CCc1ccccc1)OPP.C[C@@H]1C[C@H](O)[C@H](CC=CCCCC(=O)O)[C@H]1/C=C/[C@H](CCc1ccccc1)OPP.O=C1C[C@@H]2[C@@H](/C=C/[C@@H](O)CCc3ccccc3)[C@H](O)C[C@@H]2O1.[Xe]. The zero-order valence-electron chi connectivity index (χ0n) is 76.2. The first-order valence-electron chi connectivity index (χ1n) is 47.2. The van der Waals surface area contributed by atoms with Crippen LogP contribution in [0, 0.1) is 132 Å². The molecule has 9 unspecified atom stereocenters. The molecule has 8 fully saturated rings. The van der Waals surface area contributed by atoms with Gasteiger partial charge in [0, 0.05) is 132 Å². The van der Waals surface area contributed by atoms with Crippen LogP contribution in [0.4, 0.5) is 0 Å². The summed E-state index contributed by atoms with van der Waals surface area (Å²) in [6, 6.07) is 52.2. The molecule has 133 heavy (non-hydrogen) atoms. The van der Waals surface area contributed by atoms with Crippen LogP contribution in [-0.4, -0.2) is 123 Å². The number of rotatable bonds is 39. The molecule has 736 valence electrons. The molecule has 9 aliphatic rings. The zero-order valence-corrected chi connectivity index (χ0v) is 86.8. The largest absolute Gasteiger partial charge is 0.481 e. The second kappa shape index (κ2) is 65.8. The smallest absolute Gasteiger partial charge is 0.306 e. The van der Waals surface area contributed by atoms with E-state index in [1.54, 1.807) is 6.08 Å². The summed E-state index contributed by atoms with van der Waals surface area (Å²) in [4.78, 5) is 45.6. The van der Waals surface area contributed by atoms with E-state index in [1.165, 1.54) is 27.8 Å². The Labute approximate surface area is 854 Å². The number of carbonyl (C=O) groups is 4. The summed E-state index contributed by atoms with van der Waals surface area (Å²) in [6.45, 7) is 9.06. The number of aliphatic hydroxyl groups excluding tert-OH is 4. The van der Waals surface area contributed by atoms with Gasteiger partial charge in [0.2, 0.25) is 0 Å². The Kier molecular flexibility index (Phi) is 58.6. The molecule has 14 rings (SSSR count). The number of ether oxygens (including phenoxy) is 4. The van der Waals surface area contributed by atoms with Crippen LogP contribution in [-0.2, 0) is 88.3 Å². The van der Waals surface area contributed by atoms with Crippen LogP contribution in [0.2, 0.25) is 0 Å². The molecule has 17 nitrogen and oxygen atoms in total. The van der Waals surface area contributed by atoms with Crippen molar-refractivity contribution in [1.82, 2.24) is 0 Å². The van der Waals surface area contributed by atoms with Gasteiger partial charge in [-0.15, -0.1) is 0 Å². The van der Waals surface area contributed by atoms with Gasteiger partial charge in [-0.2, -0.15) is 0 Å². The minimum absolute atomic E-state index is 0. The number of allylic oxidation sites excluding steroid dienone is 8. The van der Waals surface area contributed by atoms with E-state index >= 15 is 0 Å². The summed E-state index contributed by atoms with van der Waals surface area (Å²) in [5.41, 5.74) is 6.57. The molecular formula is C107H158O17P8Xe. The van der Waals surface area contributed by atoms with Crippen molar-refractivity contribution in [3.8, 4) is 0 Å².